The van der Waals surface area contributed by atoms with E-state index in [4.69, 9.17) is 22.1 Å². The zero-order valence-corrected chi connectivity index (χ0v) is 11.7. The number of benzene rings is 1. The molecule has 106 valence electrons. The third kappa shape index (κ3) is 2.75. The molecule has 2 atom stereocenters. The molecular formula is C14H15ClN2O3. The molecule has 0 fully saturated rings. The first-order valence-electron chi connectivity index (χ1n) is 6.19. The van der Waals surface area contributed by atoms with E-state index in [0.29, 0.717) is 21.5 Å². The Labute approximate surface area is 121 Å². The van der Waals surface area contributed by atoms with Crippen molar-refractivity contribution in [3.8, 4) is 0 Å². The Morgan fingerprint density at radius 2 is 2.25 bits per heavy atom. The lowest BCUT2D eigenvalue weighted by Crippen LogP contribution is -2.38. The highest BCUT2D eigenvalue weighted by atomic mass is 35.5. The Morgan fingerprint density at radius 1 is 1.50 bits per heavy atom. The Kier molecular flexibility index (Phi) is 4.54. The fourth-order valence-corrected chi connectivity index (χ4v) is 2.17. The van der Waals surface area contributed by atoms with E-state index < -0.39 is 18.1 Å². The maximum atomic E-state index is 11.6. The van der Waals surface area contributed by atoms with Crippen LogP contribution in [0.4, 0.5) is 0 Å². The predicted octanol–water partition coefficient (Wildman–Crippen LogP) is 1.81. The topological polar surface area (TPSA) is 85.4 Å². The van der Waals surface area contributed by atoms with Crippen LogP contribution >= 0.6 is 11.6 Å². The van der Waals surface area contributed by atoms with Gasteiger partial charge in [-0.25, -0.2) is 0 Å². The minimum absolute atomic E-state index is 0.207. The molecule has 0 aliphatic heterocycles. The van der Waals surface area contributed by atoms with Gasteiger partial charge in [0, 0.05) is 22.2 Å². The Bertz CT molecular complexity index is 633. The van der Waals surface area contributed by atoms with Crippen molar-refractivity contribution in [3.05, 3.63) is 41.0 Å². The van der Waals surface area contributed by atoms with Gasteiger partial charge in [-0.05, 0) is 25.1 Å². The van der Waals surface area contributed by atoms with Crippen LogP contribution in [0.25, 0.3) is 10.9 Å². The van der Waals surface area contributed by atoms with Crippen LogP contribution in [0.15, 0.2) is 30.5 Å². The minimum atomic E-state index is -1.20. The number of hydrogen-bond donors (Lipinski definition) is 2. The van der Waals surface area contributed by atoms with E-state index in [1.807, 2.05) is 0 Å². The molecule has 0 spiro atoms. The van der Waals surface area contributed by atoms with Gasteiger partial charge in [0.2, 0.25) is 0 Å². The SMILES string of the molecule is CCOC(=O)C(N)C(O)c1ccc(Cl)c2cccnc12. The monoisotopic (exact) mass is 294 g/mol. The standard InChI is InChI=1S/C14H15ClN2O3/c1-2-20-14(19)11(16)13(18)9-5-6-10(15)8-4-3-7-17-12(8)9/h3-7,11,13,18H,2,16H2,1H3. The summed E-state index contributed by atoms with van der Waals surface area (Å²) in [6, 6.07) is 5.62. The van der Waals surface area contributed by atoms with Crippen molar-refractivity contribution in [2.45, 2.75) is 19.1 Å². The van der Waals surface area contributed by atoms with E-state index in [2.05, 4.69) is 4.98 Å². The van der Waals surface area contributed by atoms with E-state index in [1.165, 1.54) is 0 Å². The Hall–Kier alpha value is -1.69. The molecule has 2 unspecified atom stereocenters. The van der Waals surface area contributed by atoms with Gasteiger partial charge in [0.1, 0.15) is 12.1 Å². The van der Waals surface area contributed by atoms with Crippen molar-refractivity contribution in [1.82, 2.24) is 4.98 Å². The molecule has 0 bridgehead atoms. The van der Waals surface area contributed by atoms with Gasteiger partial charge in [-0.1, -0.05) is 17.7 Å². The summed E-state index contributed by atoms with van der Waals surface area (Å²) in [5, 5.41) is 11.5. The van der Waals surface area contributed by atoms with Gasteiger partial charge in [0.25, 0.3) is 0 Å². The first-order valence-corrected chi connectivity index (χ1v) is 6.57. The number of nitrogens with zero attached hydrogens (tertiary/aromatic N) is 1. The van der Waals surface area contributed by atoms with Crippen molar-refractivity contribution < 1.29 is 14.6 Å². The van der Waals surface area contributed by atoms with Crippen LogP contribution in [-0.4, -0.2) is 28.7 Å². The third-order valence-electron chi connectivity index (χ3n) is 2.97. The second-order valence-corrected chi connectivity index (χ2v) is 4.67. The molecule has 5 nitrogen and oxygen atoms in total. The Morgan fingerprint density at radius 3 is 2.95 bits per heavy atom. The average molecular weight is 295 g/mol. The number of hydrogen-bond acceptors (Lipinski definition) is 5. The van der Waals surface area contributed by atoms with Crippen LogP contribution in [0.1, 0.15) is 18.6 Å². The van der Waals surface area contributed by atoms with Gasteiger partial charge in [0.15, 0.2) is 0 Å². The normalized spacial score (nSPS) is 14.0. The molecule has 1 aromatic carbocycles. The number of ether oxygens (including phenoxy) is 1. The van der Waals surface area contributed by atoms with E-state index >= 15 is 0 Å². The highest BCUT2D eigenvalue weighted by Crippen LogP contribution is 2.29. The minimum Gasteiger partial charge on any atom is -0.465 e. The van der Waals surface area contributed by atoms with E-state index in [-0.39, 0.29) is 6.61 Å². The number of carbonyl (C=O) groups excluding carboxylic acids is 1. The number of rotatable bonds is 4. The molecule has 2 rings (SSSR count). The van der Waals surface area contributed by atoms with Crippen molar-refractivity contribution in [3.63, 3.8) is 0 Å². The molecule has 20 heavy (non-hydrogen) atoms. The van der Waals surface area contributed by atoms with Crippen LogP contribution in [0, 0.1) is 0 Å². The van der Waals surface area contributed by atoms with Crippen molar-refractivity contribution >= 4 is 28.5 Å². The maximum Gasteiger partial charge on any atom is 0.325 e. The zero-order valence-electron chi connectivity index (χ0n) is 10.9. The summed E-state index contributed by atoms with van der Waals surface area (Å²) >= 11 is 6.08. The number of halogens is 1. The van der Waals surface area contributed by atoms with Gasteiger partial charge in [-0.3, -0.25) is 9.78 Å². The molecule has 6 heteroatoms. The summed E-state index contributed by atoms with van der Waals surface area (Å²) in [5.41, 5.74) is 6.69. The number of nitrogens with two attached hydrogens (primary N) is 1. The van der Waals surface area contributed by atoms with Crippen LogP contribution < -0.4 is 5.73 Å². The molecule has 0 aliphatic rings. The zero-order chi connectivity index (χ0) is 14.7. The predicted molar refractivity (Wildman–Crippen MR) is 76.3 cm³/mol. The second-order valence-electron chi connectivity index (χ2n) is 4.26. The van der Waals surface area contributed by atoms with Crippen LogP contribution in [0.5, 0.6) is 0 Å². The van der Waals surface area contributed by atoms with Crippen molar-refractivity contribution in [1.29, 1.82) is 0 Å². The number of pyridine rings is 1. The molecule has 0 aliphatic carbocycles. The highest BCUT2D eigenvalue weighted by Gasteiger charge is 2.27. The van der Waals surface area contributed by atoms with E-state index in [9.17, 15) is 9.90 Å². The van der Waals surface area contributed by atoms with Crippen LogP contribution in [0.2, 0.25) is 5.02 Å². The van der Waals surface area contributed by atoms with Gasteiger partial charge in [-0.15, -0.1) is 0 Å². The molecule has 0 radical (unpaired) electrons. The number of aliphatic hydroxyl groups is 1. The molecular weight excluding hydrogens is 280 g/mol. The molecule has 0 saturated heterocycles. The first-order chi connectivity index (χ1) is 9.56. The smallest absolute Gasteiger partial charge is 0.325 e. The average Bonchev–Trinajstić information content (AvgIpc) is 2.47. The number of aromatic nitrogens is 1. The number of carbonyl (C=O) groups is 1. The summed E-state index contributed by atoms with van der Waals surface area (Å²) in [5.74, 6) is -0.654. The summed E-state index contributed by atoms with van der Waals surface area (Å²) in [7, 11) is 0. The van der Waals surface area contributed by atoms with Crippen molar-refractivity contribution in [2.24, 2.45) is 5.73 Å². The molecule has 3 N–H and O–H groups in total. The van der Waals surface area contributed by atoms with Crippen molar-refractivity contribution in [2.75, 3.05) is 6.61 Å². The maximum absolute atomic E-state index is 11.6. The molecule has 1 heterocycles. The summed E-state index contributed by atoms with van der Waals surface area (Å²) in [4.78, 5) is 15.8. The van der Waals surface area contributed by atoms with E-state index in [1.54, 1.807) is 37.4 Å². The lowest BCUT2D eigenvalue weighted by Gasteiger charge is -2.19. The largest absolute Gasteiger partial charge is 0.465 e. The van der Waals surface area contributed by atoms with Gasteiger partial charge < -0.3 is 15.6 Å². The van der Waals surface area contributed by atoms with Crippen LogP contribution in [0.3, 0.4) is 0 Å². The quantitative estimate of drug-likeness (QED) is 0.840. The molecule has 0 saturated carbocycles. The number of aliphatic hydroxyl groups excluding tert-OH is 1. The van der Waals surface area contributed by atoms with Gasteiger partial charge in [-0.2, -0.15) is 0 Å². The fourth-order valence-electron chi connectivity index (χ4n) is 1.96. The lowest BCUT2D eigenvalue weighted by molar-refractivity contribution is -0.147. The van der Waals surface area contributed by atoms with Crippen LogP contribution in [-0.2, 0) is 9.53 Å². The molecule has 2 aromatic rings. The second kappa shape index (κ2) is 6.17. The number of esters is 1. The van der Waals surface area contributed by atoms with E-state index in [0.717, 1.165) is 0 Å². The fraction of sp³-hybridized carbons (Fsp3) is 0.286. The third-order valence-corrected chi connectivity index (χ3v) is 3.29. The molecule has 1 aromatic heterocycles. The highest BCUT2D eigenvalue weighted by molar-refractivity contribution is 6.35. The van der Waals surface area contributed by atoms with Gasteiger partial charge in [0.05, 0.1) is 12.1 Å². The summed E-state index contributed by atoms with van der Waals surface area (Å²) in [6.07, 6.45) is 0.383. The van der Waals surface area contributed by atoms with Gasteiger partial charge >= 0.3 is 5.97 Å². The first kappa shape index (κ1) is 14.7. The Balaban J connectivity index is 2.42. The number of fused-ring (bicyclic) bond motifs is 1. The summed E-state index contributed by atoms with van der Waals surface area (Å²) < 4.78 is 4.81. The molecule has 0 amide bonds. The lowest BCUT2D eigenvalue weighted by atomic mass is 9.99. The summed E-state index contributed by atoms with van der Waals surface area (Å²) in [6.45, 7) is 1.88.